The Hall–Kier alpha value is -0.750. The zero-order chi connectivity index (χ0) is 13.9. The molecule has 1 fully saturated rings. The van der Waals surface area contributed by atoms with E-state index in [1.807, 2.05) is 38.1 Å². The van der Waals surface area contributed by atoms with E-state index in [4.69, 9.17) is 14.6 Å². The lowest BCUT2D eigenvalue weighted by Crippen LogP contribution is -2.24. The molecule has 4 nitrogen and oxygen atoms in total. The number of hydrogen-bond donors (Lipinski definition) is 1. The van der Waals surface area contributed by atoms with E-state index in [1.54, 1.807) is 0 Å². The SMILES string of the molecule is CC1(C)OCC(C[S@@](=O)c2ccc(CCO)cc2)O1. The van der Waals surface area contributed by atoms with Crippen molar-refractivity contribution in [2.75, 3.05) is 19.0 Å². The van der Waals surface area contributed by atoms with Gasteiger partial charge in [0.25, 0.3) is 0 Å². The number of aliphatic hydroxyl groups is 1. The predicted octanol–water partition coefficient (Wildman–Crippen LogP) is 1.48. The number of aliphatic hydroxyl groups excluding tert-OH is 1. The molecule has 0 bridgehead atoms. The maximum absolute atomic E-state index is 12.2. The lowest BCUT2D eigenvalue weighted by molar-refractivity contribution is -0.135. The number of hydrogen-bond acceptors (Lipinski definition) is 4. The summed E-state index contributed by atoms with van der Waals surface area (Å²) in [5.41, 5.74) is 1.05. The minimum absolute atomic E-state index is 0.118. The molecule has 2 atom stereocenters. The summed E-state index contributed by atoms with van der Waals surface area (Å²) in [7, 11) is -1.09. The number of benzene rings is 1. The fourth-order valence-electron chi connectivity index (χ4n) is 2.05. The van der Waals surface area contributed by atoms with Crippen LogP contribution < -0.4 is 0 Å². The maximum atomic E-state index is 12.2. The van der Waals surface area contributed by atoms with E-state index >= 15 is 0 Å². The van der Waals surface area contributed by atoms with Gasteiger partial charge in [0.15, 0.2) is 5.79 Å². The summed E-state index contributed by atoms with van der Waals surface area (Å²) in [6.07, 6.45) is 0.508. The van der Waals surface area contributed by atoms with Gasteiger partial charge in [0.05, 0.1) is 29.3 Å². The summed E-state index contributed by atoms with van der Waals surface area (Å²) < 4.78 is 23.3. The maximum Gasteiger partial charge on any atom is 0.163 e. The van der Waals surface area contributed by atoms with Gasteiger partial charge in [0.2, 0.25) is 0 Å². The summed E-state index contributed by atoms with van der Waals surface area (Å²) in [6, 6.07) is 7.50. The molecule has 5 heteroatoms. The van der Waals surface area contributed by atoms with Crippen molar-refractivity contribution in [2.45, 2.75) is 37.1 Å². The van der Waals surface area contributed by atoms with Crippen LogP contribution in [0.3, 0.4) is 0 Å². The molecule has 0 saturated carbocycles. The lowest BCUT2D eigenvalue weighted by Gasteiger charge is -2.16. The summed E-state index contributed by atoms with van der Waals surface area (Å²) in [4.78, 5) is 0.787. The fourth-order valence-corrected chi connectivity index (χ4v) is 3.18. The van der Waals surface area contributed by atoms with Crippen LogP contribution in [0.15, 0.2) is 29.2 Å². The van der Waals surface area contributed by atoms with Crippen LogP contribution in [0, 0.1) is 0 Å². The Morgan fingerprint density at radius 1 is 1.37 bits per heavy atom. The van der Waals surface area contributed by atoms with E-state index in [0.717, 1.165) is 10.5 Å². The first-order chi connectivity index (χ1) is 9.00. The smallest absolute Gasteiger partial charge is 0.163 e. The van der Waals surface area contributed by atoms with Gasteiger partial charge in [0.1, 0.15) is 0 Å². The van der Waals surface area contributed by atoms with E-state index in [2.05, 4.69) is 0 Å². The molecule has 0 aliphatic carbocycles. The van der Waals surface area contributed by atoms with E-state index in [1.165, 1.54) is 0 Å². The second-order valence-electron chi connectivity index (χ2n) is 5.08. The molecule has 2 rings (SSSR count). The van der Waals surface area contributed by atoms with Gasteiger partial charge < -0.3 is 14.6 Å². The van der Waals surface area contributed by atoms with Crippen molar-refractivity contribution >= 4 is 10.8 Å². The molecule has 19 heavy (non-hydrogen) atoms. The highest BCUT2D eigenvalue weighted by molar-refractivity contribution is 7.85. The molecule has 1 aromatic rings. The van der Waals surface area contributed by atoms with E-state index in [0.29, 0.717) is 18.8 Å². The van der Waals surface area contributed by atoms with Gasteiger partial charge in [-0.2, -0.15) is 0 Å². The average Bonchev–Trinajstić information content (AvgIpc) is 2.70. The normalized spacial score (nSPS) is 23.4. The predicted molar refractivity (Wildman–Crippen MR) is 73.4 cm³/mol. The highest BCUT2D eigenvalue weighted by Crippen LogP contribution is 2.23. The Labute approximate surface area is 116 Å². The van der Waals surface area contributed by atoms with Crippen LogP contribution >= 0.6 is 0 Å². The van der Waals surface area contributed by atoms with Crippen molar-refractivity contribution in [1.29, 1.82) is 0 Å². The first kappa shape index (κ1) is 14.7. The van der Waals surface area contributed by atoms with Crippen LogP contribution in [-0.2, 0) is 26.7 Å². The molecule has 1 aliphatic heterocycles. The Morgan fingerprint density at radius 3 is 2.58 bits per heavy atom. The highest BCUT2D eigenvalue weighted by atomic mass is 32.2. The third-order valence-corrected chi connectivity index (χ3v) is 4.46. The zero-order valence-electron chi connectivity index (χ0n) is 11.3. The Kier molecular flexibility index (Phi) is 4.73. The fraction of sp³-hybridized carbons (Fsp3) is 0.571. The average molecular weight is 284 g/mol. The van der Waals surface area contributed by atoms with Crippen molar-refractivity contribution in [3.63, 3.8) is 0 Å². The highest BCUT2D eigenvalue weighted by Gasteiger charge is 2.33. The molecule has 106 valence electrons. The monoisotopic (exact) mass is 284 g/mol. The Bertz CT molecular complexity index is 441. The molecular formula is C14H20O4S. The standard InChI is InChI=1S/C14H20O4S/c1-14(2)17-9-12(18-14)10-19(16)13-5-3-11(4-6-13)7-8-15/h3-6,12,15H,7-10H2,1-2H3/t12?,19-/m1/s1. The molecule has 1 N–H and O–H groups in total. The molecule has 0 amide bonds. The Morgan fingerprint density at radius 2 is 2.05 bits per heavy atom. The molecule has 1 unspecified atom stereocenters. The van der Waals surface area contributed by atoms with E-state index in [9.17, 15) is 4.21 Å². The van der Waals surface area contributed by atoms with Crippen LogP contribution in [0.5, 0.6) is 0 Å². The van der Waals surface area contributed by atoms with Gasteiger partial charge >= 0.3 is 0 Å². The molecule has 1 aromatic carbocycles. The number of ether oxygens (including phenoxy) is 2. The van der Waals surface area contributed by atoms with Gasteiger partial charge in [-0.05, 0) is 38.0 Å². The summed E-state index contributed by atoms with van der Waals surface area (Å²) in [5, 5.41) is 8.85. The first-order valence-corrected chi connectivity index (χ1v) is 7.72. The van der Waals surface area contributed by atoms with Crippen LogP contribution in [0.1, 0.15) is 19.4 Å². The lowest BCUT2D eigenvalue weighted by atomic mass is 10.2. The van der Waals surface area contributed by atoms with Crippen LogP contribution in [0.2, 0.25) is 0 Å². The van der Waals surface area contributed by atoms with Gasteiger partial charge in [-0.1, -0.05) is 12.1 Å². The molecule has 0 radical (unpaired) electrons. The van der Waals surface area contributed by atoms with Gasteiger partial charge in [-0.15, -0.1) is 0 Å². The van der Waals surface area contributed by atoms with Gasteiger partial charge in [-0.25, -0.2) is 0 Å². The quantitative estimate of drug-likeness (QED) is 0.890. The van der Waals surface area contributed by atoms with E-state index < -0.39 is 16.6 Å². The van der Waals surface area contributed by atoms with Gasteiger partial charge in [-0.3, -0.25) is 4.21 Å². The summed E-state index contributed by atoms with van der Waals surface area (Å²) in [6.45, 7) is 4.34. The minimum atomic E-state index is -1.09. The molecular weight excluding hydrogens is 264 g/mol. The summed E-state index contributed by atoms with van der Waals surface area (Å²) >= 11 is 0. The molecule has 1 aliphatic rings. The van der Waals surface area contributed by atoms with Crippen molar-refractivity contribution in [2.24, 2.45) is 0 Å². The second-order valence-corrected chi connectivity index (χ2v) is 6.58. The van der Waals surface area contributed by atoms with Gasteiger partial charge in [0, 0.05) is 11.5 Å². The summed E-state index contributed by atoms with van der Waals surface area (Å²) in [5.74, 6) is -0.122. The van der Waals surface area contributed by atoms with Crippen molar-refractivity contribution in [3.8, 4) is 0 Å². The Balaban J connectivity index is 1.93. The zero-order valence-corrected chi connectivity index (χ0v) is 12.1. The van der Waals surface area contributed by atoms with Crippen LogP contribution in [0.4, 0.5) is 0 Å². The molecule has 1 heterocycles. The largest absolute Gasteiger partial charge is 0.396 e. The second kappa shape index (κ2) is 6.13. The van der Waals surface area contributed by atoms with Crippen molar-refractivity contribution < 1.29 is 18.8 Å². The van der Waals surface area contributed by atoms with Crippen molar-refractivity contribution in [3.05, 3.63) is 29.8 Å². The third-order valence-electron chi connectivity index (χ3n) is 2.99. The van der Waals surface area contributed by atoms with E-state index in [-0.39, 0.29) is 12.7 Å². The topological polar surface area (TPSA) is 55.8 Å². The molecule has 1 saturated heterocycles. The van der Waals surface area contributed by atoms with Crippen LogP contribution in [-0.4, -0.2) is 40.2 Å². The minimum Gasteiger partial charge on any atom is -0.396 e. The molecule has 0 aromatic heterocycles. The van der Waals surface area contributed by atoms with Crippen molar-refractivity contribution in [1.82, 2.24) is 0 Å². The van der Waals surface area contributed by atoms with Crippen LogP contribution in [0.25, 0.3) is 0 Å². The first-order valence-electron chi connectivity index (χ1n) is 6.40. The number of rotatable bonds is 5. The molecule has 0 spiro atoms. The third kappa shape index (κ3) is 4.11.